The average molecular weight is 223 g/mol. The van der Waals surface area contributed by atoms with Crippen molar-refractivity contribution in [1.29, 1.82) is 0 Å². The molecule has 3 rings (SSSR count). The number of benzene rings is 2. The number of fused-ring (bicyclic) bond motifs is 3. The number of aliphatic imine (C=N–C) groups is 1. The van der Waals surface area contributed by atoms with Gasteiger partial charge in [0.05, 0.1) is 5.69 Å². The second-order valence-corrected chi connectivity index (χ2v) is 5.77. The lowest BCUT2D eigenvalue weighted by molar-refractivity contribution is 0.585. The zero-order chi connectivity index (χ0) is 12.0. The molecule has 0 fully saturated rings. The Morgan fingerprint density at radius 3 is 2.53 bits per heavy atom. The lowest BCUT2D eigenvalue weighted by Gasteiger charge is -2.18. The van der Waals surface area contributed by atoms with Crippen molar-refractivity contribution in [2.24, 2.45) is 10.4 Å². The highest BCUT2D eigenvalue weighted by molar-refractivity contribution is 6.03. The first-order valence-electron chi connectivity index (χ1n) is 6.14. The molecule has 1 heteroatoms. The highest BCUT2D eigenvalue weighted by atomic mass is 14.8. The molecule has 86 valence electrons. The second-order valence-electron chi connectivity index (χ2n) is 5.77. The van der Waals surface area contributed by atoms with Gasteiger partial charge in [-0.1, -0.05) is 51.1 Å². The van der Waals surface area contributed by atoms with Crippen molar-refractivity contribution in [3.63, 3.8) is 0 Å². The van der Waals surface area contributed by atoms with Gasteiger partial charge in [0.2, 0.25) is 0 Å². The van der Waals surface area contributed by atoms with Crippen molar-refractivity contribution >= 4 is 22.2 Å². The summed E-state index contributed by atoms with van der Waals surface area (Å²) < 4.78 is 0. The van der Waals surface area contributed by atoms with E-state index in [1.807, 2.05) is 0 Å². The van der Waals surface area contributed by atoms with Crippen LogP contribution in [0.2, 0.25) is 0 Å². The van der Waals surface area contributed by atoms with Crippen LogP contribution in [0.15, 0.2) is 41.4 Å². The third-order valence-electron chi connectivity index (χ3n) is 3.48. The van der Waals surface area contributed by atoms with Gasteiger partial charge in [0, 0.05) is 17.5 Å². The Morgan fingerprint density at radius 2 is 1.76 bits per heavy atom. The molecule has 17 heavy (non-hydrogen) atoms. The Labute approximate surface area is 102 Å². The largest absolute Gasteiger partial charge is 0.257 e. The van der Waals surface area contributed by atoms with Gasteiger partial charge in [0.1, 0.15) is 0 Å². The summed E-state index contributed by atoms with van der Waals surface area (Å²) in [5, 5.41) is 2.67. The van der Waals surface area contributed by atoms with Crippen LogP contribution in [0.25, 0.3) is 10.8 Å². The molecule has 0 aromatic heterocycles. The van der Waals surface area contributed by atoms with Gasteiger partial charge in [-0.25, -0.2) is 0 Å². The third kappa shape index (κ3) is 1.66. The Bertz CT molecular complexity index is 615. The van der Waals surface area contributed by atoms with Crippen LogP contribution in [0.5, 0.6) is 0 Å². The maximum Gasteiger partial charge on any atom is 0.0671 e. The predicted molar refractivity (Wildman–Crippen MR) is 74.2 cm³/mol. The highest BCUT2D eigenvalue weighted by Crippen LogP contribution is 2.37. The first-order valence-corrected chi connectivity index (χ1v) is 6.14. The van der Waals surface area contributed by atoms with E-state index in [-0.39, 0.29) is 5.41 Å². The predicted octanol–water partition coefficient (Wildman–Crippen LogP) is 4.51. The lowest BCUT2D eigenvalue weighted by atomic mass is 9.87. The topological polar surface area (TPSA) is 12.4 Å². The van der Waals surface area contributed by atoms with E-state index in [1.54, 1.807) is 0 Å². The van der Waals surface area contributed by atoms with Crippen LogP contribution in [0.1, 0.15) is 26.3 Å². The van der Waals surface area contributed by atoms with Gasteiger partial charge in [0.25, 0.3) is 0 Å². The summed E-state index contributed by atoms with van der Waals surface area (Å²) >= 11 is 0. The van der Waals surface area contributed by atoms with Crippen LogP contribution in [0.4, 0.5) is 5.69 Å². The first-order chi connectivity index (χ1) is 8.05. The van der Waals surface area contributed by atoms with Crippen LogP contribution in [0.3, 0.4) is 0 Å². The Morgan fingerprint density at radius 1 is 1.00 bits per heavy atom. The van der Waals surface area contributed by atoms with E-state index in [1.165, 1.54) is 22.0 Å². The molecule has 1 aliphatic rings. The molecule has 0 atom stereocenters. The number of nitrogens with zero attached hydrogens (tertiary/aromatic N) is 1. The van der Waals surface area contributed by atoms with Crippen molar-refractivity contribution < 1.29 is 0 Å². The number of rotatable bonds is 0. The van der Waals surface area contributed by atoms with Gasteiger partial charge in [-0.15, -0.1) is 0 Å². The molecule has 1 heterocycles. The molecule has 1 nitrogen and oxygen atoms in total. The van der Waals surface area contributed by atoms with Crippen molar-refractivity contribution in [2.75, 3.05) is 0 Å². The van der Waals surface area contributed by atoms with E-state index in [4.69, 9.17) is 4.99 Å². The molecule has 0 saturated heterocycles. The molecule has 0 saturated carbocycles. The zero-order valence-corrected chi connectivity index (χ0v) is 10.6. The molecule has 0 unspecified atom stereocenters. The molecule has 0 N–H and O–H groups in total. The van der Waals surface area contributed by atoms with E-state index in [2.05, 4.69) is 57.2 Å². The summed E-state index contributed by atoms with van der Waals surface area (Å²) in [6.07, 6.45) is 1.00. The fourth-order valence-electron chi connectivity index (χ4n) is 2.40. The fourth-order valence-corrected chi connectivity index (χ4v) is 2.40. The Kier molecular flexibility index (Phi) is 2.12. The van der Waals surface area contributed by atoms with Crippen molar-refractivity contribution in [3.05, 3.63) is 42.0 Å². The fraction of sp³-hybridized carbons (Fsp3) is 0.312. The van der Waals surface area contributed by atoms with Crippen LogP contribution in [-0.4, -0.2) is 5.71 Å². The molecule has 2 aromatic rings. The molecular weight excluding hydrogens is 206 g/mol. The van der Waals surface area contributed by atoms with Gasteiger partial charge in [-0.05, 0) is 22.4 Å². The summed E-state index contributed by atoms with van der Waals surface area (Å²) in [5.74, 6) is 0. The first kappa shape index (κ1) is 10.5. The van der Waals surface area contributed by atoms with Crippen molar-refractivity contribution in [3.8, 4) is 0 Å². The highest BCUT2D eigenvalue weighted by Gasteiger charge is 2.25. The van der Waals surface area contributed by atoms with E-state index >= 15 is 0 Å². The van der Waals surface area contributed by atoms with Crippen LogP contribution in [-0.2, 0) is 6.42 Å². The molecule has 1 aliphatic heterocycles. The minimum Gasteiger partial charge on any atom is -0.257 e. The maximum absolute atomic E-state index is 4.79. The zero-order valence-electron chi connectivity index (χ0n) is 10.6. The van der Waals surface area contributed by atoms with Gasteiger partial charge >= 0.3 is 0 Å². The summed E-state index contributed by atoms with van der Waals surface area (Å²) in [7, 11) is 0. The Balaban J connectivity index is 2.17. The van der Waals surface area contributed by atoms with Crippen molar-refractivity contribution in [2.45, 2.75) is 27.2 Å². The van der Waals surface area contributed by atoms with Crippen LogP contribution in [0, 0.1) is 5.41 Å². The van der Waals surface area contributed by atoms with Crippen LogP contribution >= 0.6 is 0 Å². The molecule has 0 aliphatic carbocycles. The van der Waals surface area contributed by atoms with Crippen molar-refractivity contribution in [1.82, 2.24) is 0 Å². The van der Waals surface area contributed by atoms with Gasteiger partial charge in [-0.2, -0.15) is 0 Å². The molecule has 0 amide bonds. The second kappa shape index (κ2) is 3.43. The minimum absolute atomic E-state index is 0.167. The average Bonchev–Trinajstić information content (AvgIpc) is 2.72. The van der Waals surface area contributed by atoms with E-state index in [0.717, 1.165) is 12.1 Å². The van der Waals surface area contributed by atoms with Gasteiger partial charge in [0.15, 0.2) is 0 Å². The normalized spacial score (nSPS) is 14.9. The maximum atomic E-state index is 4.79. The standard InChI is InChI=1S/C16H17N/c1-16(2,3)15-10-13-12-7-5-4-6-11(12)8-9-14(13)17-15/h4-9H,10H2,1-3H3. The minimum atomic E-state index is 0.167. The van der Waals surface area contributed by atoms with E-state index < -0.39 is 0 Å². The lowest BCUT2D eigenvalue weighted by Crippen LogP contribution is -2.19. The van der Waals surface area contributed by atoms with E-state index in [0.29, 0.717) is 0 Å². The molecule has 0 bridgehead atoms. The quantitative estimate of drug-likeness (QED) is 0.623. The van der Waals surface area contributed by atoms with E-state index in [9.17, 15) is 0 Å². The molecular formula is C16H17N. The van der Waals surface area contributed by atoms with Gasteiger partial charge < -0.3 is 0 Å². The Hall–Kier alpha value is -1.63. The summed E-state index contributed by atoms with van der Waals surface area (Å²) in [5.41, 5.74) is 4.02. The summed E-state index contributed by atoms with van der Waals surface area (Å²) in [4.78, 5) is 4.79. The molecule has 2 aromatic carbocycles. The summed E-state index contributed by atoms with van der Waals surface area (Å²) in [6.45, 7) is 6.71. The third-order valence-corrected chi connectivity index (χ3v) is 3.48. The number of hydrogen-bond donors (Lipinski definition) is 0. The monoisotopic (exact) mass is 223 g/mol. The van der Waals surface area contributed by atoms with Crippen LogP contribution < -0.4 is 0 Å². The molecule has 0 spiro atoms. The summed E-state index contributed by atoms with van der Waals surface area (Å²) in [6, 6.07) is 12.9. The molecule has 0 radical (unpaired) electrons. The smallest absolute Gasteiger partial charge is 0.0671 e. The SMILES string of the molecule is CC(C)(C)C1=Nc2ccc3ccccc3c2C1. The number of hydrogen-bond acceptors (Lipinski definition) is 1. The van der Waals surface area contributed by atoms with Gasteiger partial charge in [-0.3, -0.25) is 4.99 Å².